The Morgan fingerprint density at radius 3 is 2.66 bits per heavy atom. The predicted octanol–water partition coefficient (Wildman–Crippen LogP) is 4.85. The number of hydrogen-bond acceptors (Lipinski definition) is 6. The van der Waals surface area contributed by atoms with Gasteiger partial charge in [-0.15, -0.1) is 11.3 Å². The fourth-order valence-corrected chi connectivity index (χ4v) is 4.11. The second-order valence-corrected chi connectivity index (χ2v) is 8.37. The van der Waals surface area contributed by atoms with Gasteiger partial charge in [-0.05, 0) is 61.7 Å². The van der Waals surface area contributed by atoms with Gasteiger partial charge in [0, 0.05) is 30.4 Å². The van der Waals surface area contributed by atoms with Crippen LogP contribution in [-0.4, -0.2) is 28.5 Å². The van der Waals surface area contributed by atoms with Gasteiger partial charge in [-0.25, -0.2) is 4.98 Å². The van der Waals surface area contributed by atoms with Crippen LogP contribution >= 0.6 is 11.3 Å². The molecule has 0 saturated heterocycles. The molecule has 0 fully saturated rings. The van der Waals surface area contributed by atoms with Crippen LogP contribution in [0.25, 0.3) is 20.8 Å². The van der Waals surface area contributed by atoms with Crippen molar-refractivity contribution in [3.63, 3.8) is 0 Å². The van der Waals surface area contributed by atoms with Gasteiger partial charge >= 0.3 is 5.97 Å². The van der Waals surface area contributed by atoms with Gasteiger partial charge in [0.25, 0.3) is 5.91 Å². The van der Waals surface area contributed by atoms with Gasteiger partial charge in [-0.1, -0.05) is 12.5 Å². The molecule has 7 nitrogen and oxygen atoms in total. The summed E-state index contributed by atoms with van der Waals surface area (Å²) in [6, 6.07) is 15.7. The van der Waals surface area contributed by atoms with Crippen LogP contribution in [0.1, 0.15) is 31.2 Å². The number of carboxylic acid groups (broad SMARTS) is 1. The van der Waals surface area contributed by atoms with E-state index in [9.17, 15) is 14.9 Å². The van der Waals surface area contributed by atoms with E-state index in [-0.39, 0.29) is 12.0 Å². The number of carboxylic acids is 1. The third-order valence-electron chi connectivity index (χ3n) is 4.78. The minimum atomic E-state index is -0.821. The molecule has 164 valence electrons. The molecule has 3 aromatic rings. The highest BCUT2D eigenvalue weighted by molar-refractivity contribution is 7.21. The van der Waals surface area contributed by atoms with E-state index in [0.717, 1.165) is 26.5 Å². The van der Waals surface area contributed by atoms with Crippen molar-refractivity contribution in [2.45, 2.75) is 32.6 Å². The Hall–Kier alpha value is -3.70. The number of nitrogens with one attached hydrogen (secondary N) is 2. The van der Waals surface area contributed by atoms with Crippen molar-refractivity contribution < 1.29 is 14.7 Å². The SMILES string of the molecule is Cc1ccc2nc(-c3ccc(N/C=C(/C#N)C(=O)NCCCCCC(=O)O)cc3)sc2c1. The van der Waals surface area contributed by atoms with Crippen LogP contribution in [0.4, 0.5) is 5.69 Å². The van der Waals surface area contributed by atoms with Gasteiger partial charge in [-0.2, -0.15) is 5.26 Å². The Morgan fingerprint density at radius 2 is 1.94 bits per heavy atom. The molecule has 0 spiro atoms. The molecule has 1 amide bonds. The highest BCUT2D eigenvalue weighted by Gasteiger charge is 2.09. The third kappa shape index (κ3) is 6.40. The number of benzene rings is 2. The number of nitriles is 1. The lowest BCUT2D eigenvalue weighted by atomic mass is 10.2. The Bertz CT molecular complexity index is 1180. The number of thiazole rings is 1. The largest absolute Gasteiger partial charge is 0.481 e. The van der Waals surface area contributed by atoms with Crippen LogP contribution in [0.3, 0.4) is 0 Å². The monoisotopic (exact) mass is 448 g/mol. The van der Waals surface area contributed by atoms with Gasteiger partial charge in [0.05, 0.1) is 10.2 Å². The number of aryl methyl sites for hydroxylation is 1. The van der Waals surface area contributed by atoms with Gasteiger partial charge in [-0.3, -0.25) is 9.59 Å². The topological polar surface area (TPSA) is 115 Å². The maximum Gasteiger partial charge on any atom is 0.303 e. The standard InChI is InChI=1S/C24H24N4O3S/c1-16-6-11-20-21(13-16)32-24(28-20)17-7-9-19(10-8-17)27-15-18(14-25)23(31)26-12-4-2-3-5-22(29)30/h6-11,13,15,27H,2-5,12H2,1H3,(H,26,31)(H,29,30)/b18-15-. The lowest BCUT2D eigenvalue weighted by Gasteiger charge is -2.05. The number of aliphatic carboxylic acids is 1. The zero-order chi connectivity index (χ0) is 22.9. The molecule has 3 rings (SSSR count). The molecule has 0 saturated carbocycles. The normalized spacial score (nSPS) is 11.2. The summed E-state index contributed by atoms with van der Waals surface area (Å²) in [5.41, 5.74) is 3.91. The first-order valence-electron chi connectivity index (χ1n) is 10.3. The second-order valence-electron chi connectivity index (χ2n) is 7.34. The van der Waals surface area contributed by atoms with E-state index >= 15 is 0 Å². The number of aromatic nitrogens is 1. The molecular weight excluding hydrogens is 424 g/mol. The highest BCUT2D eigenvalue weighted by Crippen LogP contribution is 2.31. The Balaban J connectivity index is 1.54. The van der Waals surface area contributed by atoms with E-state index in [1.165, 1.54) is 11.8 Å². The molecule has 8 heteroatoms. The van der Waals surface area contributed by atoms with E-state index in [4.69, 9.17) is 5.11 Å². The Morgan fingerprint density at radius 1 is 1.16 bits per heavy atom. The van der Waals surface area contributed by atoms with E-state index in [1.54, 1.807) is 11.3 Å². The van der Waals surface area contributed by atoms with Crippen LogP contribution in [0.2, 0.25) is 0 Å². The lowest BCUT2D eigenvalue weighted by Crippen LogP contribution is -2.26. The number of nitrogens with zero attached hydrogens (tertiary/aromatic N) is 2. The summed E-state index contributed by atoms with van der Waals surface area (Å²) in [7, 11) is 0. The first-order valence-corrected chi connectivity index (χ1v) is 11.1. The van der Waals surface area contributed by atoms with Gasteiger partial charge in [0.15, 0.2) is 0 Å². The Labute approximate surface area is 190 Å². The highest BCUT2D eigenvalue weighted by atomic mass is 32.1. The van der Waals surface area contributed by atoms with Gasteiger partial charge < -0.3 is 15.7 Å². The van der Waals surface area contributed by atoms with Gasteiger partial charge in [0.1, 0.15) is 16.6 Å². The molecule has 32 heavy (non-hydrogen) atoms. The summed E-state index contributed by atoms with van der Waals surface area (Å²) in [6.07, 6.45) is 3.45. The minimum Gasteiger partial charge on any atom is -0.481 e. The average Bonchev–Trinajstić information content (AvgIpc) is 3.20. The summed E-state index contributed by atoms with van der Waals surface area (Å²) in [4.78, 5) is 27.3. The summed E-state index contributed by atoms with van der Waals surface area (Å²) >= 11 is 1.64. The number of fused-ring (bicyclic) bond motifs is 1. The van der Waals surface area contributed by atoms with Crippen LogP contribution in [0, 0.1) is 18.3 Å². The van der Waals surface area contributed by atoms with E-state index in [2.05, 4.69) is 28.6 Å². The second kappa shape index (κ2) is 11.1. The molecule has 1 aromatic heterocycles. The van der Waals surface area contributed by atoms with Crippen molar-refractivity contribution >= 4 is 39.1 Å². The van der Waals surface area contributed by atoms with Crippen LogP contribution < -0.4 is 10.6 Å². The van der Waals surface area contributed by atoms with Crippen molar-refractivity contribution in [2.75, 3.05) is 11.9 Å². The molecule has 2 aromatic carbocycles. The van der Waals surface area contributed by atoms with E-state index in [1.807, 2.05) is 42.5 Å². The first kappa shape index (κ1) is 23.0. The fourth-order valence-electron chi connectivity index (χ4n) is 3.04. The number of rotatable bonds is 10. The van der Waals surface area contributed by atoms with Crippen LogP contribution in [-0.2, 0) is 9.59 Å². The number of unbranched alkanes of at least 4 members (excludes halogenated alkanes) is 2. The molecule has 1 heterocycles. The van der Waals surface area contributed by atoms with Crippen LogP contribution in [0.5, 0.6) is 0 Å². The smallest absolute Gasteiger partial charge is 0.303 e. The summed E-state index contributed by atoms with van der Waals surface area (Å²) in [6.45, 7) is 2.46. The molecular formula is C24H24N4O3S. The molecule has 0 aliphatic rings. The maximum absolute atomic E-state index is 12.1. The number of hydrogen-bond donors (Lipinski definition) is 3. The van der Waals surface area contributed by atoms with E-state index < -0.39 is 11.9 Å². The number of carbonyl (C=O) groups excluding carboxylic acids is 1. The minimum absolute atomic E-state index is 0.0267. The average molecular weight is 449 g/mol. The molecule has 0 aliphatic carbocycles. The van der Waals surface area contributed by atoms with Crippen molar-refractivity contribution in [3.05, 3.63) is 59.8 Å². The van der Waals surface area contributed by atoms with Crippen LogP contribution in [0.15, 0.2) is 54.2 Å². The van der Waals surface area contributed by atoms with Crippen molar-refractivity contribution in [1.82, 2.24) is 10.3 Å². The lowest BCUT2D eigenvalue weighted by molar-refractivity contribution is -0.137. The summed E-state index contributed by atoms with van der Waals surface area (Å²) in [5, 5.41) is 24.5. The third-order valence-corrected chi connectivity index (χ3v) is 5.84. The summed E-state index contributed by atoms with van der Waals surface area (Å²) < 4.78 is 1.15. The first-order chi connectivity index (χ1) is 15.5. The number of amides is 1. The summed E-state index contributed by atoms with van der Waals surface area (Å²) in [5.74, 6) is -1.28. The van der Waals surface area contributed by atoms with Crippen molar-refractivity contribution in [3.8, 4) is 16.6 Å². The van der Waals surface area contributed by atoms with Crippen molar-refractivity contribution in [2.24, 2.45) is 0 Å². The zero-order valence-electron chi connectivity index (χ0n) is 17.7. The van der Waals surface area contributed by atoms with E-state index in [0.29, 0.717) is 25.8 Å². The molecule has 0 radical (unpaired) electrons. The Kier molecular flexibility index (Phi) is 7.95. The predicted molar refractivity (Wildman–Crippen MR) is 126 cm³/mol. The molecule has 3 N–H and O–H groups in total. The quantitative estimate of drug-likeness (QED) is 0.232. The van der Waals surface area contributed by atoms with Crippen molar-refractivity contribution in [1.29, 1.82) is 5.26 Å². The molecule has 0 unspecified atom stereocenters. The fraction of sp³-hybridized carbons (Fsp3) is 0.250. The molecule has 0 atom stereocenters. The van der Waals surface area contributed by atoms with Gasteiger partial charge in [0.2, 0.25) is 0 Å². The number of carbonyl (C=O) groups is 2. The number of anilines is 1. The maximum atomic E-state index is 12.1. The molecule has 0 aliphatic heterocycles. The molecule has 0 bridgehead atoms. The zero-order valence-corrected chi connectivity index (χ0v) is 18.5.